The third-order valence-electron chi connectivity index (χ3n) is 2.95. The molecule has 1 N–H and O–H groups in total. The highest BCUT2D eigenvalue weighted by Gasteiger charge is 2.13. The van der Waals surface area contributed by atoms with Crippen molar-refractivity contribution in [3.8, 4) is 10.7 Å². The van der Waals surface area contributed by atoms with Crippen LogP contribution in [0.2, 0.25) is 0 Å². The van der Waals surface area contributed by atoms with Gasteiger partial charge in [0.1, 0.15) is 22.2 Å². The Bertz CT molecular complexity index is 819. The molecule has 2 heterocycles. The molecule has 5 nitrogen and oxygen atoms in total. The first kappa shape index (κ1) is 14.3. The van der Waals surface area contributed by atoms with Crippen LogP contribution >= 0.6 is 11.3 Å². The summed E-state index contributed by atoms with van der Waals surface area (Å²) in [6.45, 7) is 1.66. The molecular weight excluding hydrogens is 303 g/mol. The van der Waals surface area contributed by atoms with E-state index in [1.54, 1.807) is 43.0 Å². The number of rotatable bonds is 3. The first-order valence-corrected chi connectivity index (χ1v) is 7.31. The third-order valence-corrected chi connectivity index (χ3v) is 3.81. The number of nitrogens with zero attached hydrogens (tertiary/aromatic N) is 3. The molecule has 0 aliphatic heterocycles. The van der Waals surface area contributed by atoms with E-state index in [0.717, 1.165) is 0 Å². The molecule has 0 bridgehead atoms. The fraction of sp³-hybridized carbons (Fsp3) is 0.0667. The van der Waals surface area contributed by atoms with E-state index in [1.165, 1.54) is 17.4 Å². The van der Waals surface area contributed by atoms with Gasteiger partial charge in [-0.25, -0.2) is 9.37 Å². The van der Waals surface area contributed by atoms with Gasteiger partial charge in [-0.1, -0.05) is 6.07 Å². The lowest BCUT2D eigenvalue weighted by molar-refractivity contribution is 0.102. The molecule has 0 saturated heterocycles. The van der Waals surface area contributed by atoms with Crippen molar-refractivity contribution in [1.29, 1.82) is 0 Å². The molecule has 0 radical (unpaired) electrons. The van der Waals surface area contributed by atoms with Crippen molar-refractivity contribution in [2.24, 2.45) is 0 Å². The number of hydrogen-bond acceptors (Lipinski definition) is 5. The van der Waals surface area contributed by atoms with Gasteiger partial charge in [0.25, 0.3) is 5.91 Å². The van der Waals surface area contributed by atoms with E-state index < -0.39 is 5.91 Å². The van der Waals surface area contributed by atoms with Crippen molar-refractivity contribution in [2.75, 3.05) is 5.32 Å². The van der Waals surface area contributed by atoms with E-state index in [9.17, 15) is 9.18 Å². The summed E-state index contributed by atoms with van der Waals surface area (Å²) in [5, 5.41) is 4.85. The van der Waals surface area contributed by atoms with E-state index in [-0.39, 0.29) is 11.5 Å². The summed E-state index contributed by atoms with van der Waals surface area (Å²) < 4.78 is 13.5. The number of aromatic nitrogens is 3. The van der Waals surface area contributed by atoms with Crippen molar-refractivity contribution in [3.05, 3.63) is 59.2 Å². The van der Waals surface area contributed by atoms with Gasteiger partial charge >= 0.3 is 0 Å². The monoisotopic (exact) mass is 314 g/mol. The highest BCUT2D eigenvalue weighted by atomic mass is 32.1. The predicted octanol–water partition coefficient (Wildman–Crippen LogP) is 3.30. The SMILES string of the molecule is Cc1ccc(NC(=O)c2csc(-c3cnccn3)n2)cc1F. The van der Waals surface area contributed by atoms with E-state index >= 15 is 0 Å². The zero-order chi connectivity index (χ0) is 15.5. The quantitative estimate of drug-likeness (QED) is 0.805. The van der Waals surface area contributed by atoms with Crippen LogP contribution in [0, 0.1) is 12.7 Å². The molecule has 0 spiro atoms. The molecule has 2 aromatic heterocycles. The summed E-state index contributed by atoms with van der Waals surface area (Å²) in [4.78, 5) is 24.5. The largest absolute Gasteiger partial charge is 0.321 e. The molecule has 0 atom stereocenters. The summed E-state index contributed by atoms with van der Waals surface area (Å²) >= 11 is 1.30. The second kappa shape index (κ2) is 5.98. The van der Waals surface area contributed by atoms with E-state index in [1.807, 2.05) is 0 Å². The standard InChI is InChI=1S/C15H11FN4OS/c1-9-2-3-10(6-11(9)16)19-14(21)13-8-22-15(20-13)12-7-17-4-5-18-12/h2-8H,1H3,(H,19,21). The average Bonchev–Trinajstić information content (AvgIpc) is 3.02. The highest BCUT2D eigenvalue weighted by molar-refractivity contribution is 7.13. The summed E-state index contributed by atoms with van der Waals surface area (Å²) in [6, 6.07) is 4.53. The van der Waals surface area contributed by atoms with Crippen LogP contribution in [0.1, 0.15) is 16.1 Å². The third kappa shape index (κ3) is 2.99. The van der Waals surface area contributed by atoms with Crippen LogP contribution in [0.4, 0.5) is 10.1 Å². The number of nitrogens with one attached hydrogen (secondary N) is 1. The van der Waals surface area contributed by atoms with Crippen molar-refractivity contribution < 1.29 is 9.18 Å². The second-order valence-corrected chi connectivity index (χ2v) is 5.40. The lowest BCUT2D eigenvalue weighted by Crippen LogP contribution is -2.12. The molecule has 0 saturated carbocycles. The molecule has 3 aromatic rings. The lowest BCUT2D eigenvalue weighted by Gasteiger charge is -2.04. The maximum Gasteiger partial charge on any atom is 0.275 e. The molecule has 22 heavy (non-hydrogen) atoms. The maximum absolute atomic E-state index is 13.5. The van der Waals surface area contributed by atoms with Crippen LogP contribution in [0.25, 0.3) is 10.7 Å². The number of halogens is 1. The molecule has 3 rings (SSSR count). The van der Waals surface area contributed by atoms with Gasteiger partial charge in [-0.3, -0.25) is 14.8 Å². The van der Waals surface area contributed by atoms with Gasteiger partial charge in [0, 0.05) is 23.5 Å². The first-order valence-electron chi connectivity index (χ1n) is 6.43. The number of benzene rings is 1. The summed E-state index contributed by atoms with van der Waals surface area (Å²) in [5.41, 5.74) is 1.78. The number of carbonyl (C=O) groups is 1. The van der Waals surface area contributed by atoms with Gasteiger partial charge in [-0.2, -0.15) is 0 Å². The Labute approximate surface area is 129 Å². The van der Waals surface area contributed by atoms with Gasteiger partial charge in [-0.15, -0.1) is 11.3 Å². The zero-order valence-corrected chi connectivity index (χ0v) is 12.4. The summed E-state index contributed by atoms with van der Waals surface area (Å²) in [6.07, 6.45) is 4.71. The van der Waals surface area contributed by atoms with Gasteiger partial charge in [-0.05, 0) is 24.6 Å². The van der Waals surface area contributed by atoms with E-state index in [0.29, 0.717) is 22.0 Å². The Kier molecular flexibility index (Phi) is 3.88. The van der Waals surface area contributed by atoms with E-state index in [4.69, 9.17) is 0 Å². The van der Waals surface area contributed by atoms with Crippen LogP contribution < -0.4 is 5.32 Å². The van der Waals surface area contributed by atoms with Crippen LogP contribution in [-0.2, 0) is 0 Å². The number of amides is 1. The van der Waals surface area contributed by atoms with Crippen molar-refractivity contribution in [2.45, 2.75) is 6.92 Å². The topological polar surface area (TPSA) is 67.8 Å². The minimum Gasteiger partial charge on any atom is -0.321 e. The van der Waals surface area contributed by atoms with Crippen LogP contribution in [0.15, 0.2) is 42.2 Å². The molecule has 0 unspecified atom stereocenters. The molecule has 0 fully saturated rings. The molecule has 7 heteroatoms. The van der Waals surface area contributed by atoms with Crippen LogP contribution in [-0.4, -0.2) is 20.9 Å². The van der Waals surface area contributed by atoms with Crippen LogP contribution in [0.5, 0.6) is 0 Å². The second-order valence-electron chi connectivity index (χ2n) is 4.55. The van der Waals surface area contributed by atoms with E-state index in [2.05, 4.69) is 20.3 Å². The summed E-state index contributed by atoms with van der Waals surface area (Å²) in [5.74, 6) is -0.758. The Morgan fingerprint density at radius 3 is 2.91 bits per heavy atom. The number of thiazole rings is 1. The number of aryl methyl sites for hydroxylation is 1. The molecular formula is C15H11FN4OS. The minimum absolute atomic E-state index is 0.256. The average molecular weight is 314 g/mol. The van der Waals surface area contributed by atoms with Crippen molar-refractivity contribution >= 4 is 22.9 Å². The first-order chi connectivity index (χ1) is 10.6. The normalized spacial score (nSPS) is 10.5. The number of carbonyl (C=O) groups excluding carboxylic acids is 1. The smallest absolute Gasteiger partial charge is 0.275 e. The molecule has 0 aliphatic carbocycles. The van der Waals surface area contributed by atoms with Gasteiger partial charge in [0.15, 0.2) is 0 Å². The fourth-order valence-electron chi connectivity index (χ4n) is 1.77. The lowest BCUT2D eigenvalue weighted by atomic mass is 10.2. The van der Waals surface area contributed by atoms with Gasteiger partial charge < -0.3 is 5.32 Å². The zero-order valence-electron chi connectivity index (χ0n) is 11.6. The van der Waals surface area contributed by atoms with Crippen molar-refractivity contribution in [3.63, 3.8) is 0 Å². The Balaban J connectivity index is 1.78. The molecule has 0 aliphatic rings. The fourth-order valence-corrected chi connectivity index (χ4v) is 2.53. The van der Waals surface area contributed by atoms with Gasteiger partial charge in [0.2, 0.25) is 0 Å². The summed E-state index contributed by atoms with van der Waals surface area (Å²) in [7, 11) is 0. The number of anilines is 1. The molecule has 110 valence electrons. The Morgan fingerprint density at radius 1 is 1.32 bits per heavy atom. The van der Waals surface area contributed by atoms with Gasteiger partial charge in [0.05, 0.1) is 6.20 Å². The molecule has 1 aromatic carbocycles. The molecule has 1 amide bonds. The predicted molar refractivity (Wildman–Crippen MR) is 82.2 cm³/mol. The minimum atomic E-state index is -0.394. The van der Waals surface area contributed by atoms with Crippen LogP contribution in [0.3, 0.4) is 0 Å². The Morgan fingerprint density at radius 2 is 2.18 bits per heavy atom. The highest BCUT2D eigenvalue weighted by Crippen LogP contribution is 2.21. The maximum atomic E-state index is 13.5. The van der Waals surface area contributed by atoms with Crippen molar-refractivity contribution in [1.82, 2.24) is 15.0 Å². The number of hydrogen-bond donors (Lipinski definition) is 1. The Hall–Kier alpha value is -2.67.